The molecule has 4 rings (SSSR count). The quantitative estimate of drug-likeness (QED) is 0.144. The molecule has 1 fully saturated rings. The molecule has 3 atom stereocenters. The first-order valence-corrected chi connectivity index (χ1v) is 16.4. The number of anilines is 1. The third kappa shape index (κ3) is 8.25. The van der Waals surface area contributed by atoms with Crippen molar-refractivity contribution in [1.29, 1.82) is 0 Å². The lowest BCUT2D eigenvalue weighted by atomic mass is 9.95. The van der Waals surface area contributed by atoms with E-state index in [-0.39, 0.29) is 12.5 Å². The third-order valence-electron chi connectivity index (χ3n) is 8.70. The van der Waals surface area contributed by atoms with Crippen molar-refractivity contribution in [2.75, 3.05) is 31.1 Å². The maximum atomic E-state index is 13.9. The molecule has 0 aliphatic carbocycles. The van der Waals surface area contributed by atoms with Crippen LogP contribution in [0.3, 0.4) is 0 Å². The lowest BCUT2D eigenvalue weighted by Gasteiger charge is -2.35. The first kappa shape index (κ1) is 32.3. The Morgan fingerprint density at radius 2 is 1.88 bits per heavy atom. The fourth-order valence-corrected chi connectivity index (χ4v) is 6.22. The summed E-state index contributed by atoms with van der Waals surface area (Å²) in [7, 11) is 0. The molecule has 1 aromatic heterocycles. The van der Waals surface area contributed by atoms with Crippen molar-refractivity contribution in [2.45, 2.75) is 98.2 Å². The predicted molar refractivity (Wildman–Crippen MR) is 178 cm³/mol. The van der Waals surface area contributed by atoms with Crippen LogP contribution >= 0.6 is 12.2 Å². The summed E-state index contributed by atoms with van der Waals surface area (Å²) in [6, 6.07) is 14.0. The fraction of sp³-hybridized carbons (Fsp3) is 0.571. The largest absolute Gasteiger partial charge is 0.458 e. The van der Waals surface area contributed by atoms with Crippen LogP contribution in [0.15, 0.2) is 36.4 Å². The van der Waals surface area contributed by atoms with Crippen LogP contribution in [0.2, 0.25) is 0 Å². The molecule has 0 radical (unpaired) electrons. The van der Waals surface area contributed by atoms with Crippen molar-refractivity contribution in [2.24, 2.45) is 5.92 Å². The topological polar surface area (TPSA) is 50.3 Å². The van der Waals surface area contributed by atoms with E-state index >= 15 is 0 Å². The summed E-state index contributed by atoms with van der Waals surface area (Å²) >= 11 is 5.60. The maximum absolute atomic E-state index is 13.9. The molecule has 1 saturated heterocycles. The van der Waals surface area contributed by atoms with Gasteiger partial charge in [0.15, 0.2) is 0 Å². The summed E-state index contributed by atoms with van der Waals surface area (Å²) in [6.07, 6.45) is 6.15. The van der Waals surface area contributed by atoms with Crippen molar-refractivity contribution in [3.8, 4) is 6.01 Å². The zero-order valence-corrected chi connectivity index (χ0v) is 27.0. The summed E-state index contributed by atoms with van der Waals surface area (Å²) < 4.78 is 20.0. The van der Waals surface area contributed by atoms with E-state index < -0.39 is 6.17 Å². The minimum Gasteiger partial charge on any atom is -0.458 e. The highest BCUT2D eigenvalue weighted by Crippen LogP contribution is 2.29. The van der Waals surface area contributed by atoms with E-state index in [0.29, 0.717) is 24.9 Å². The summed E-state index contributed by atoms with van der Waals surface area (Å²) in [6.45, 7) is 13.4. The second-order valence-corrected chi connectivity index (χ2v) is 12.3. The van der Waals surface area contributed by atoms with E-state index in [1.807, 2.05) is 13.8 Å². The number of ether oxygens (including phenoxy) is 1. The van der Waals surface area contributed by atoms with Gasteiger partial charge in [-0.1, -0.05) is 76.3 Å². The molecule has 0 spiro atoms. The Labute approximate surface area is 257 Å². The predicted octanol–water partition coefficient (Wildman–Crippen LogP) is 7.78. The van der Waals surface area contributed by atoms with E-state index in [2.05, 4.69) is 67.4 Å². The maximum Gasteiger partial charge on any atom is 0.318 e. The number of benzene rings is 2. The van der Waals surface area contributed by atoms with Gasteiger partial charge >= 0.3 is 6.01 Å². The lowest BCUT2D eigenvalue weighted by Crippen LogP contribution is -2.51. The molecule has 0 saturated carbocycles. The monoisotopic (exact) mass is 592 g/mol. The highest BCUT2D eigenvalue weighted by molar-refractivity contribution is 7.80. The zero-order valence-electron chi connectivity index (χ0n) is 26.2. The van der Waals surface area contributed by atoms with Crippen LogP contribution in [-0.2, 0) is 19.3 Å². The van der Waals surface area contributed by atoms with Gasteiger partial charge < -0.3 is 15.0 Å². The van der Waals surface area contributed by atoms with Crippen LogP contribution in [0.1, 0.15) is 82.2 Å². The Kier molecular flexibility index (Phi) is 12.1. The third-order valence-corrected chi connectivity index (χ3v) is 9.22. The van der Waals surface area contributed by atoms with Crippen molar-refractivity contribution >= 4 is 33.7 Å². The van der Waals surface area contributed by atoms with Crippen molar-refractivity contribution < 1.29 is 9.13 Å². The minimum atomic E-state index is -0.837. The second-order valence-electron chi connectivity index (χ2n) is 11.8. The van der Waals surface area contributed by atoms with Gasteiger partial charge in [-0.3, -0.25) is 0 Å². The normalized spacial score (nSPS) is 16.9. The second kappa shape index (κ2) is 15.7. The molecule has 7 heteroatoms. The van der Waals surface area contributed by atoms with Crippen molar-refractivity contribution in [3.05, 3.63) is 58.8 Å². The number of aromatic nitrogens is 2. The van der Waals surface area contributed by atoms with Crippen LogP contribution in [0.25, 0.3) is 10.8 Å². The summed E-state index contributed by atoms with van der Waals surface area (Å²) in [4.78, 5) is 13.0. The molecule has 3 aromatic rings. The first-order chi connectivity index (χ1) is 20.3. The molecule has 1 N–H and O–H groups in total. The van der Waals surface area contributed by atoms with Gasteiger partial charge in [0, 0.05) is 36.1 Å². The van der Waals surface area contributed by atoms with Crippen LogP contribution < -0.4 is 15.0 Å². The Hall–Kier alpha value is -2.64. The van der Waals surface area contributed by atoms with E-state index in [1.165, 1.54) is 27.5 Å². The lowest BCUT2D eigenvalue weighted by molar-refractivity contribution is 0.284. The summed E-state index contributed by atoms with van der Waals surface area (Å²) in [5.41, 5.74) is 5.07. The van der Waals surface area contributed by atoms with Gasteiger partial charge in [0.25, 0.3) is 0 Å². The van der Waals surface area contributed by atoms with Gasteiger partial charge in [-0.25, -0.2) is 4.39 Å². The summed E-state index contributed by atoms with van der Waals surface area (Å²) in [5.74, 6) is 0.981. The van der Waals surface area contributed by atoms with Crippen molar-refractivity contribution in [1.82, 2.24) is 15.3 Å². The average molecular weight is 593 g/mol. The number of fused-ring (bicyclic) bond motifs is 1. The minimum absolute atomic E-state index is 0.0247. The number of aryl methyl sites for hydroxylation is 3. The Morgan fingerprint density at radius 1 is 1.12 bits per heavy atom. The molecule has 1 aliphatic rings. The van der Waals surface area contributed by atoms with Gasteiger partial charge in [0.2, 0.25) is 0 Å². The number of unbranched alkanes of at least 4 members (excludes halogenated alkanes) is 1. The van der Waals surface area contributed by atoms with Crippen LogP contribution in [-0.4, -0.2) is 53.3 Å². The van der Waals surface area contributed by atoms with Gasteiger partial charge in [-0.2, -0.15) is 9.97 Å². The number of halogens is 1. The smallest absolute Gasteiger partial charge is 0.318 e. The molecule has 2 aromatic carbocycles. The number of nitrogens with one attached hydrogen (secondary N) is 1. The van der Waals surface area contributed by atoms with Gasteiger partial charge in [-0.15, -0.1) is 0 Å². The number of nitrogens with zero attached hydrogens (tertiary/aromatic N) is 3. The highest BCUT2D eigenvalue weighted by atomic mass is 32.1. The van der Waals surface area contributed by atoms with Gasteiger partial charge in [0.1, 0.15) is 18.6 Å². The number of piperazine rings is 1. The molecular formula is C35H49FN4OS. The molecule has 0 bridgehead atoms. The van der Waals surface area contributed by atoms with Crippen molar-refractivity contribution in [3.63, 3.8) is 0 Å². The molecule has 1 aliphatic heterocycles. The van der Waals surface area contributed by atoms with E-state index in [9.17, 15) is 4.39 Å². The molecule has 228 valence electrons. The molecule has 42 heavy (non-hydrogen) atoms. The number of rotatable bonds is 15. The highest BCUT2D eigenvalue weighted by Gasteiger charge is 2.25. The molecular weight excluding hydrogens is 543 g/mol. The SMILES string of the molecule is CCc1nc(OCC(=S)[C@@H](C)C[C@@H](F)CC)nc(N2CCN[C@@H](CC)C2)c1CCCCc1cccc2cccc(C)c12. The average Bonchev–Trinajstić information content (AvgIpc) is 3.01. The number of hydrogen-bond donors (Lipinski definition) is 1. The standard InChI is InChI=1S/C35H49FN4OS/c1-6-28(36)21-25(5)32(42)23-41-35-38-31(8-3)30(34(39-35)40-20-19-37-29(7-2)22-40)18-10-9-14-26-16-12-17-27-15-11-13-24(4)33(26)27/h11-13,15-17,25,28-29,37H,6-10,14,18-23H2,1-5H3/t25-,28-,29-/m0/s1. The van der Waals surface area contributed by atoms with Crippen LogP contribution in [0.5, 0.6) is 6.01 Å². The Balaban J connectivity index is 1.51. The van der Waals surface area contributed by atoms with E-state index in [4.69, 9.17) is 26.9 Å². The van der Waals surface area contributed by atoms with Crippen LogP contribution in [0.4, 0.5) is 10.2 Å². The van der Waals surface area contributed by atoms with Crippen LogP contribution in [0, 0.1) is 12.8 Å². The zero-order chi connectivity index (χ0) is 30.1. The van der Waals surface area contributed by atoms with E-state index in [0.717, 1.165) is 74.5 Å². The molecule has 0 amide bonds. The fourth-order valence-electron chi connectivity index (χ4n) is 6.07. The molecule has 5 nitrogen and oxygen atoms in total. The van der Waals surface area contributed by atoms with E-state index in [1.54, 1.807) is 0 Å². The Bertz CT molecular complexity index is 1330. The number of alkyl halides is 1. The molecule has 2 heterocycles. The summed E-state index contributed by atoms with van der Waals surface area (Å²) in [5, 5.41) is 6.35. The molecule has 0 unspecified atom stereocenters. The van der Waals surface area contributed by atoms with Gasteiger partial charge in [0.05, 0.1) is 5.69 Å². The number of hydrogen-bond acceptors (Lipinski definition) is 6. The van der Waals surface area contributed by atoms with Gasteiger partial charge in [-0.05, 0) is 86.1 Å². The Morgan fingerprint density at radius 3 is 2.62 bits per heavy atom. The number of thiocarbonyl (C=S) groups is 1. The first-order valence-electron chi connectivity index (χ1n) is 16.0.